The first-order chi connectivity index (χ1) is 6.71. The smallest absolute Gasteiger partial charge is 0.316 e. The predicted octanol–water partition coefficient (Wildman–Crippen LogP) is 2.14. The van der Waals surface area contributed by atoms with E-state index in [1.807, 2.05) is 30.3 Å². The molecule has 1 aliphatic carbocycles. The molecule has 0 aromatic heterocycles. The molecular weight excluding hydrogens is 176 g/mol. The zero-order valence-corrected chi connectivity index (χ0v) is 8.49. The zero-order chi connectivity index (χ0) is 10.2. The zero-order valence-electron chi connectivity index (χ0n) is 8.49. The average Bonchev–Trinajstić information content (AvgIpc) is 2.92. The molecule has 0 radical (unpaired) electrons. The highest BCUT2D eigenvalue weighted by Crippen LogP contribution is 2.54. The van der Waals surface area contributed by atoms with Crippen molar-refractivity contribution in [2.24, 2.45) is 5.92 Å². The third-order valence-electron chi connectivity index (χ3n) is 3.15. The maximum atomic E-state index is 11.7. The molecule has 74 valence electrons. The summed E-state index contributed by atoms with van der Waals surface area (Å²) < 4.78 is 4.86. The van der Waals surface area contributed by atoms with Gasteiger partial charge in [0.1, 0.15) is 0 Å². The van der Waals surface area contributed by atoms with Gasteiger partial charge in [-0.1, -0.05) is 37.3 Å². The normalized spacial score (nSPS) is 29.7. The first kappa shape index (κ1) is 9.25. The van der Waals surface area contributed by atoms with Crippen molar-refractivity contribution in [3.05, 3.63) is 35.9 Å². The third kappa shape index (κ3) is 1.14. The van der Waals surface area contributed by atoms with Crippen molar-refractivity contribution in [2.45, 2.75) is 18.8 Å². The lowest BCUT2D eigenvalue weighted by atomic mass is 9.94. The van der Waals surface area contributed by atoms with Crippen molar-refractivity contribution >= 4 is 5.97 Å². The van der Waals surface area contributed by atoms with Crippen LogP contribution in [0.2, 0.25) is 0 Å². The van der Waals surface area contributed by atoms with Gasteiger partial charge in [0.05, 0.1) is 12.5 Å². The van der Waals surface area contributed by atoms with Gasteiger partial charge in [0, 0.05) is 0 Å². The number of methoxy groups -OCH3 is 1. The van der Waals surface area contributed by atoms with E-state index in [4.69, 9.17) is 4.74 Å². The van der Waals surface area contributed by atoms with Gasteiger partial charge in [-0.05, 0) is 17.9 Å². The Bertz CT molecular complexity index is 345. The minimum Gasteiger partial charge on any atom is -0.468 e. The van der Waals surface area contributed by atoms with E-state index >= 15 is 0 Å². The lowest BCUT2D eigenvalue weighted by molar-refractivity contribution is -0.144. The van der Waals surface area contributed by atoms with Crippen LogP contribution in [0, 0.1) is 5.92 Å². The number of carbonyl (C=O) groups excluding carboxylic acids is 1. The van der Waals surface area contributed by atoms with Crippen LogP contribution in [0.1, 0.15) is 18.9 Å². The van der Waals surface area contributed by atoms with E-state index < -0.39 is 0 Å². The fourth-order valence-electron chi connectivity index (χ4n) is 2.15. The first-order valence-electron chi connectivity index (χ1n) is 4.86. The molecule has 0 heterocycles. The van der Waals surface area contributed by atoms with Crippen LogP contribution < -0.4 is 0 Å². The standard InChI is InChI=1S/C12H14O2/c1-9-8-12(9,11(13)14-2)10-6-4-3-5-7-10/h3-7,9H,8H2,1-2H3/t9-,12-/m1/s1. The summed E-state index contributed by atoms with van der Waals surface area (Å²) in [5, 5.41) is 0. The molecule has 1 aliphatic rings. The Hall–Kier alpha value is -1.31. The number of esters is 1. The van der Waals surface area contributed by atoms with E-state index in [9.17, 15) is 4.79 Å². The number of benzene rings is 1. The molecule has 2 heteroatoms. The second-order valence-electron chi connectivity index (χ2n) is 3.93. The highest BCUT2D eigenvalue weighted by atomic mass is 16.5. The molecule has 1 fully saturated rings. The molecule has 0 bridgehead atoms. The van der Waals surface area contributed by atoms with Crippen LogP contribution in [0.4, 0.5) is 0 Å². The van der Waals surface area contributed by atoms with Gasteiger partial charge >= 0.3 is 5.97 Å². The molecule has 0 aliphatic heterocycles. The minimum absolute atomic E-state index is 0.101. The van der Waals surface area contributed by atoms with E-state index in [0.29, 0.717) is 5.92 Å². The Balaban J connectivity index is 2.36. The van der Waals surface area contributed by atoms with Gasteiger partial charge in [-0.3, -0.25) is 4.79 Å². The summed E-state index contributed by atoms with van der Waals surface area (Å²) in [6.45, 7) is 2.09. The Kier molecular flexibility index (Phi) is 2.06. The van der Waals surface area contributed by atoms with Crippen LogP contribution >= 0.6 is 0 Å². The second-order valence-corrected chi connectivity index (χ2v) is 3.93. The predicted molar refractivity (Wildman–Crippen MR) is 53.9 cm³/mol. The molecule has 1 saturated carbocycles. The van der Waals surface area contributed by atoms with Crippen LogP contribution in [0.25, 0.3) is 0 Å². The van der Waals surface area contributed by atoms with Crippen molar-refractivity contribution in [2.75, 3.05) is 7.11 Å². The molecule has 0 spiro atoms. The average molecular weight is 190 g/mol. The molecular formula is C12H14O2. The van der Waals surface area contributed by atoms with Crippen LogP contribution in [0.15, 0.2) is 30.3 Å². The Morgan fingerprint density at radius 2 is 2.00 bits per heavy atom. The minimum atomic E-state index is -0.351. The SMILES string of the molecule is COC(=O)[C@]1(c2ccccc2)C[C@H]1C. The Morgan fingerprint density at radius 1 is 1.43 bits per heavy atom. The van der Waals surface area contributed by atoms with Crippen LogP contribution in [0.3, 0.4) is 0 Å². The third-order valence-corrected chi connectivity index (χ3v) is 3.15. The van der Waals surface area contributed by atoms with Crippen molar-refractivity contribution in [1.29, 1.82) is 0 Å². The van der Waals surface area contributed by atoms with Crippen molar-refractivity contribution in [1.82, 2.24) is 0 Å². The van der Waals surface area contributed by atoms with Crippen LogP contribution in [-0.4, -0.2) is 13.1 Å². The number of hydrogen-bond donors (Lipinski definition) is 0. The van der Waals surface area contributed by atoms with E-state index in [1.54, 1.807) is 0 Å². The van der Waals surface area contributed by atoms with Gasteiger partial charge in [-0.2, -0.15) is 0 Å². The number of rotatable bonds is 2. The molecule has 0 N–H and O–H groups in total. The summed E-state index contributed by atoms with van der Waals surface area (Å²) in [6.07, 6.45) is 0.906. The van der Waals surface area contributed by atoms with E-state index in [2.05, 4.69) is 6.92 Å². The van der Waals surface area contributed by atoms with Gasteiger partial charge < -0.3 is 4.74 Å². The molecule has 2 rings (SSSR count). The fourth-order valence-corrected chi connectivity index (χ4v) is 2.15. The quantitative estimate of drug-likeness (QED) is 0.668. The Morgan fingerprint density at radius 3 is 2.43 bits per heavy atom. The first-order valence-corrected chi connectivity index (χ1v) is 4.86. The van der Waals surface area contributed by atoms with Gasteiger partial charge in [-0.25, -0.2) is 0 Å². The number of hydrogen-bond acceptors (Lipinski definition) is 2. The lowest BCUT2D eigenvalue weighted by Crippen LogP contribution is -2.23. The van der Waals surface area contributed by atoms with Crippen molar-refractivity contribution in [3.63, 3.8) is 0 Å². The van der Waals surface area contributed by atoms with E-state index in [-0.39, 0.29) is 11.4 Å². The highest BCUT2D eigenvalue weighted by Gasteiger charge is 2.59. The number of ether oxygens (including phenoxy) is 1. The van der Waals surface area contributed by atoms with Crippen molar-refractivity contribution < 1.29 is 9.53 Å². The van der Waals surface area contributed by atoms with Crippen LogP contribution in [-0.2, 0) is 14.9 Å². The molecule has 0 amide bonds. The molecule has 0 saturated heterocycles. The monoisotopic (exact) mass is 190 g/mol. The summed E-state index contributed by atoms with van der Waals surface area (Å²) in [6, 6.07) is 9.89. The molecule has 1 aromatic rings. The van der Waals surface area contributed by atoms with E-state index in [1.165, 1.54) is 7.11 Å². The maximum absolute atomic E-state index is 11.7. The summed E-state index contributed by atoms with van der Waals surface area (Å²) in [7, 11) is 1.46. The van der Waals surface area contributed by atoms with Gasteiger partial charge in [0.25, 0.3) is 0 Å². The van der Waals surface area contributed by atoms with Crippen LogP contribution in [0.5, 0.6) is 0 Å². The maximum Gasteiger partial charge on any atom is 0.316 e. The van der Waals surface area contributed by atoms with E-state index in [0.717, 1.165) is 12.0 Å². The molecule has 2 atom stereocenters. The number of carbonyl (C=O) groups is 1. The lowest BCUT2D eigenvalue weighted by Gasteiger charge is -2.13. The highest BCUT2D eigenvalue weighted by molar-refractivity contribution is 5.87. The Labute approximate surface area is 83.9 Å². The summed E-state index contributed by atoms with van der Waals surface area (Å²) in [4.78, 5) is 11.7. The summed E-state index contributed by atoms with van der Waals surface area (Å²) in [5.74, 6) is 0.300. The largest absolute Gasteiger partial charge is 0.468 e. The molecule has 1 aromatic carbocycles. The topological polar surface area (TPSA) is 26.3 Å². The molecule has 14 heavy (non-hydrogen) atoms. The van der Waals surface area contributed by atoms with Gasteiger partial charge in [-0.15, -0.1) is 0 Å². The summed E-state index contributed by atoms with van der Waals surface area (Å²) in [5.41, 5.74) is 0.732. The summed E-state index contributed by atoms with van der Waals surface area (Å²) >= 11 is 0. The van der Waals surface area contributed by atoms with Gasteiger partial charge in [0.2, 0.25) is 0 Å². The fraction of sp³-hybridized carbons (Fsp3) is 0.417. The second kappa shape index (κ2) is 3.12. The van der Waals surface area contributed by atoms with Crippen molar-refractivity contribution in [3.8, 4) is 0 Å². The molecule has 2 nitrogen and oxygen atoms in total. The molecule has 0 unspecified atom stereocenters. The van der Waals surface area contributed by atoms with Gasteiger partial charge in [0.15, 0.2) is 0 Å².